The molecule has 2 aromatic rings. The molecule has 1 aromatic heterocycles. The third-order valence-electron chi connectivity index (χ3n) is 2.85. The van der Waals surface area contributed by atoms with Crippen LogP contribution in [0.15, 0.2) is 41.6 Å². The summed E-state index contributed by atoms with van der Waals surface area (Å²) in [6.07, 6.45) is 4.62. The van der Waals surface area contributed by atoms with Gasteiger partial charge in [-0.2, -0.15) is 0 Å². The van der Waals surface area contributed by atoms with Crippen LogP contribution in [0.5, 0.6) is 0 Å². The Kier molecular flexibility index (Phi) is 5.31. The number of halogens is 1. The van der Waals surface area contributed by atoms with E-state index in [4.69, 9.17) is 17.3 Å². The number of nitrogens with zero attached hydrogens (tertiary/aromatic N) is 2. The third kappa shape index (κ3) is 4.27. The van der Waals surface area contributed by atoms with Gasteiger partial charge in [0.15, 0.2) is 0 Å². The number of benzene rings is 1. The highest BCUT2D eigenvalue weighted by molar-refractivity contribution is 7.99. The minimum absolute atomic E-state index is 0.0941. The number of hydrogen-bond acceptors (Lipinski definition) is 3. The molecule has 2 rings (SSSR count). The lowest BCUT2D eigenvalue weighted by atomic mass is 10.2. The van der Waals surface area contributed by atoms with E-state index in [9.17, 15) is 0 Å². The molecule has 0 aliphatic carbocycles. The molecule has 0 fully saturated rings. The summed E-state index contributed by atoms with van der Waals surface area (Å²) < 4.78 is 2.13. The fourth-order valence-corrected chi connectivity index (χ4v) is 3.04. The molecule has 1 aromatic carbocycles. The molecule has 19 heavy (non-hydrogen) atoms. The van der Waals surface area contributed by atoms with Crippen LogP contribution in [0.25, 0.3) is 0 Å². The van der Waals surface area contributed by atoms with Crippen LogP contribution in [0.4, 0.5) is 0 Å². The highest BCUT2D eigenvalue weighted by atomic mass is 35.5. The van der Waals surface area contributed by atoms with Gasteiger partial charge < -0.3 is 10.3 Å². The van der Waals surface area contributed by atoms with Crippen molar-refractivity contribution in [1.29, 1.82) is 0 Å². The first-order valence-corrected chi connectivity index (χ1v) is 7.69. The molecule has 0 bridgehead atoms. The molecule has 0 amide bonds. The number of aryl methyl sites for hydroxylation is 1. The topological polar surface area (TPSA) is 43.8 Å². The number of nitrogens with two attached hydrogens (primary N) is 1. The number of rotatable bonds is 6. The van der Waals surface area contributed by atoms with E-state index in [-0.39, 0.29) is 6.04 Å². The average Bonchev–Trinajstić information content (AvgIpc) is 2.84. The minimum Gasteiger partial charge on any atom is -0.335 e. The molecule has 0 saturated heterocycles. The molecule has 102 valence electrons. The first-order valence-electron chi connectivity index (χ1n) is 6.33. The van der Waals surface area contributed by atoms with Crippen LogP contribution < -0.4 is 5.73 Å². The molecular formula is C14H18ClN3S. The Hall–Kier alpha value is -0.970. The molecule has 0 aliphatic rings. The van der Waals surface area contributed by atoms with Crippen LogP contribution >= 0.6 is 23.4 Å². The maximum atomic E-state index is 6.17. The zero-order valence-electron chi connectivity index (χ0n) is 10.9. The summed E-state index contributed by atoms with van der Waals surface area (Å²) in [7, 11) is 0. The Morgan fingerprint density at radius 1 is 1.47 bits per heavy atom. The van der Waals surface area contributed by atoms with Crippen molar-refractivity contribution in [3.05, 3.63) is 47.5 Å². The van der Waals surface area contributed by atoms with E-state index in [1.807, 2.05) is 30.6 Å². The third-order valence-corrected chi connectivity index (χ3v) is 4.26. The first-order chi connectivity index (χ1) is 9.19. The quantitative estimate of drug-likeness (QED) is 0.832. The van der Waals surface area contributed by atoms with Gasteiger partial charge in [-0.15, -0.1) is 11.8 Å². The van der Waals surface area contributed by atoms with E-state index in [0.717, 1.165) is 34.5 Å². The van der Waals surface area contributed by atoms with Crippen molar-refractivity contribution in [3.8, 4) is 0 Å². The van der Waals surface area contributed by atoms with Gasteiger partial charge >= 0.3 is 0 Å². The number of thioether (sulfide) groups is 1. The maximum Gasteiger partial charge on any atom is 0.110 e. The van der Waals surface area contributed by atoms with Crippen molar-refractivity contribution in [2.75, 3.05) is 5.75 Å². The van der Waals surface area contributed by atoms with Crippen molar-refractivity contribution in [1.82, 2.24) is 9.55 Å². The summed E-state index contributed by atoms with van der Waals surface area (Å²) in [6, 6.07) is 7.95. The van der Waals surface area contributed by atoms with Gasteiger partial charge in [-0.05, 0) is 25.1 Å². The lowest BCUT2D eigenvalue weighted by molar-refractivity contribution is 0.641. The minimum atomic E-state index is 0.0941. The highest BCUT2D eigenvalue weighted by Gasteiger charge is 2.09. The summed E-state index contributed by atoms with van der Waals surface area (Å²) in [4.78, 5) is 5.50. The summed E-state index contributed by atoms with van der Waals surface area (Å²) in [6.45, 7) is 3.04. The number of aromatic nitrogens is 2. The molecule has 0 radical (unpaired) electrons. The van der Waals surface area contributed by atoms with Crippen molar-refractivity contribution in [2.24, 2.45) is 5.73 Å². The predicted molar refractivity (Wildman–Crippen MR) is 81.8 cm³/mol. The Morgan fingerprint density at radius 3 is 3.05 bits per heavy atom. The summed E-state index contributed by atoms with van der Waals surface area (Å²) in [5, 5.41) is 0.764. The Balaban J connectivity index is 1.86. The van der Waals surface area contributed by atoms with Gasteiger partial charge in [-0.1, -0.05) is 17.7 Å². The molecule has 3 nitrogen and oxygen atoms in total. The van der Waals surface area contributed by atoms with Crippen molar-refractivity contribution in [2.45, 2.75) is 30.8 Å². The van der Waals surface area contributed by atoms with Crippen molar-refractivity contribution >= 4 is 23.4 Å². The molecule has 1 heterocycles. The lowest BCUT2D eigenvalue weighted by Gasteiger charge is -2.12. The maximum absolute atomic E-state index is 6.17. The highest BCUT2D eigenvalue weighted by Crippen LogP contribution is 2.22. The molecule has 1 atom stereocenters. The Bertz CT molecular complexity index is 527. The van der Waals surface area contributed by atoms with E-state index in [1.165, 1.54) is 0 Å². The van der Waals surface area contributed by atoms with Crippen LogP contribution in [-0.2, 0) is 13.0 Å². The van der Waals surface area contributed by atoms with Gasteiger partial charge in [0.05, 0.1) is 0 Å². The predicted octanol–water partition coefficient (Wildman–Crippen LogP) is 3.22. The molecule has 2 N–H and O–H groups in total. The fraction of sp³-hybridized carbons (Fsp3) is 0.357. The molecule has 0 saturated carbocycles. The molecule has 5 heteroatoms. The van der Waals surface area contributed by atoms with Crippen LogP contribution in [0.3, 0.4) is 0 Å². The van der Waals surface area contributed by atoms with E-state index >= 15 is 0 Å². The SMILES string of the molecule is CCn1ccnc1CC(N)CSc1cccc(Cl)c1. The van der Waals surface area contributed by atoms with Gasteiger partial charge in [0.25, 0.3) is 0 Å². The summed E-state index contributed by atoms with van der Waals surface area (Å²) >= 11 is 7.69. The van der Waals surface area contributed by atoms with Gasteiger partial charge in [0.1, 0.15) is 5.82 Å². The Labute approximate surface area is 123 Å². The van der Waals surface area contributed by atoms with E-state index in [0.29, 0.717) is 0 Å². The van der Waals surface area contributed by atoms with Gasteiger partial charge in [0.2, 0.25) is 0 Å². The first kappa shape index (κ1) is 14.4. The number of imidazole rings is 1. The van der Waals surface area contributed by atoms with Crippen LogP contribution in [0, 0.1) is 0 Å². The summed E-state index contributed by atoms with van der Waals surface area (Å²) in [5.74, 6) is 1.92. The second-order valence-electron chi connectivity index (χ2n) is 4.36. The largest absolute Gasteiger partial charge is 0.335 e. The van der Waals surface area contributed by atoms with Gasteiger partial charge in [-0.3, -0.25) is 0 Å². The average molecular weight is 296 g/mol. The molecule has 0 aliphatic heterocycles. The Morgan fingerprint density at radius 2 is 2.32 bits per heavy atom. The molecule has 0 spiro atoms. The van der Waals surface area contributed by atoms with E-state index in [1.54, 1.807) is 11.8 Å². The summed E-state index contributed by atoms with van der Waals surface area (Å²) in [5.41, 5.74) is 6.17. The second-order valence-corrected chi connectivity index (χ2v) is 5.89. The van der Waals surface area contributed by atoms with Gasteiger partial charge in [-0.25, -0.2) is 4.98 Å². The van der Waals surface area contributed by atoms with Crippen LogP contribution in [0.1, 0.15) is 12.7 Å². The zero-order chi connectivity index (χ0) is 13.7. The van der Waals surface area contributed by atoms with Crippen LogP contribution in [0.2, 0.25) is 5.02 Å². The normalized spacial score (nSPS) is 12.6. The molecule has 1 unspecified atom stereocenters. The van der Waals surface area contributed by atoms with Crippen molar-refractivity contribution in [3.63, 3.8) is 0 Å². The lowest BCUT2D eigenvalue weighted by Crippen LogP contribution is -2.27. The van der Waals surface area contributed by atoms with Gasteiger partial charge in [0, 0.05) is 47.1 Å². The van der Waals surface area contributed by atoms with Crippen molar-refractivity contribution < 1.29 is 0 Å². The van der Waals surface area contributed by atoms with Crippen LogP contribution in [-0.4, -0.2) is 21.3 Å². The standard InChI is InChI=1S/C14H18ClN3S/c1-2-18-7-6-17-14(18)9-12(16)10-19-13-5-3-4-11(15)8-13/h3-8,12H,2,9-10,16H2,1H3. The zero-order valence-corrected chi connectivity index (χ0v) is 12.5. The monoisotopic (exact) mass is 295 g/mol. The second kappa shape index (κ2) is 6.98. The fourth-order valence-electron chi connectivity index (χ4n) is 1.87. The number of hydrogen-bond donors (Lipinski definition) is 1. The smallest absolute Gasteiger partial charge is 0.110 e. The van der Waals surface area contributed by atoms with E-state index in [2.05, 4.69) is 22.5 Å². The van der Waals surface area contributed by atoms with E-state index < -0.39 is 0 Å². The molecular weight excluding hydrogens is 278 g/mol.